The highest BCUT2D eigenvalue weighted by atomic mass is 32.1. The van der Waals surface area contributed by atoms with Gasteiger partial charge in [0, 0.05) is 5.56 Å². The highest BCUT2D eigenvalue weighted by Crippen LogP contribution is 2.30. The number of hydrogen-bond acceptors (Lipinski definition) is 9. The van der Waals surface area contributed by atoms with Gasteiger partial charge in [0.15, 0.2) is 11.5 Å². The van der Waals surface area contributed by atoms with Crippen LogP contribution in [-0.2, 0) is 4.79 Å². The Bertz CT molecular complexity index is 1510. The summed E-state index contributed by atoms with van der Waals surface area (Å²) in [6.07, 6.45) is 1.47. The number of ether oxygens (including phenoxy) is 4. The number of anilines is 1. The molecule has 1 heterocycles. The first-order chi connectivity index (χ1) is 19.0. The summed E-state index contributed by atoms with van der Waals surface area (Å²) >= 11 is 1.24. The molecule has 3 aromatic carbocycles. The van der Waals surface area contributed by atoms with E-state index in [-0.39, 0.29) is 12.2 Å². The molecule has 0 aliphatic rings. The lowest BCUT2D eigenvalue weighted by atomic mass is 10.1. The van der Waals surface area contributed by atoms with Gasteiger partial charge in [-0.1, -0.05) is 41.7 Å². The van der Waals surface area contributed by atoms with Crippen LogP contribution < -0.4 is 24.3 Å². The minimum Gasteiger partial charge on any atom is -0.497 e. The van der Waals surface area contributed by atoms with E-state index in [4.69, 9.17) is 18.9 Å². The lowest BCUT2D eigenvalue weighted by molar-refractivity contribution is -0.112. The molecule has 0 fully saturated rings. The Hall–Kier alpha value is -4.88. The molecular formula is C29H26N4O5S. The van der Waals surface area contributed by atoms with Gasteiger partial charge in [-0.25, -0.2) is 0 Å². The van der Waals surface area contributed by atoms with Gasteiger partial charge in [0.1, 0.15) is 41.4 Å². The molecule has 0 unspecified atom stereocenters. The van der Waals surface area contributed by atoms with Crippen molar-refractivity contribution in [1.29, 1.82) is 5.26 Å². The molecule has 0 bridgehead atoms. The fraction of sp³-hybridized carbons (Fsp3) is 0.172. The number of nitrogens with one attached hydrogen (secondary N) is 1. The van der Waals surface area contributed by atoms with Crippen LogP contribution in [0.25, 0.3) is 16.6 Å². The Kier molecular flexibility index (Phi) is 9.11. The SMILES string of the molecule is COc1ccc(OCCOc2ccc(C=C(C#N)C(=O)Nc3nnc(-c4ccccc4C)s3)cc2OC)cc1. The molecule has 0 saturated carbocycles. The summed E-state index contributed by atoms with van der Waals surface area (Å²) in [7, 11) is 3.12. The lowest BCUT2D eigenvalue weighted by Crippen LogP contribution is -2.13. The van der Waals surface area contributed by atoms with Crippen LogP contribution in [0.4, 0.5) is 5.13 Å². The number of rotatable bonds is 11. The van der Waals surface area contributed by atoms with E-state index in [1.807, 2.05) is 61.5 Å². The first-order valence-corrected chi connectivity index (χ1v) is 12.7. The molecule has 0 saturated heterocycles. The zero-order valence-corrected chi connectivity index (χ0v) is 22.5. The predicted octanol–water partition coefficient (Wildman–Crippen LogP) is 5.53. The molecule has 1 N–H and O–H groups in total. The van der Waals surface area contributed by atoms with Gasteiger partial charge in [-0.3, -0.25) is 10.1 Å². The molecule has 0 atom stereocenters. The second kappa shape index (κ2) is 13.1. The molecule has 1 aromatic heterocycles. The minimum absolute atomic E-state index is 0.0914. The van der Waals surface area contributed by atoms with Crippen LogP contribution in [0.1, 0.15) is 11.1 Å². The van der Waals surface area contributed by atoms with Gasteiger partial charge in [-0.2, -0.15) is 5.26 Å². The molecule has 4 rings (SSSR count). The maximum Gasteiger partial charge on any atom is 0.268 e. The molecule has 4 aromatic rings. The van der Waals surface area contributed by atoms with Crippen LogP contribution in [0, 0.1) is 18.3 Å². The number of aryl methyl sites for hydroxylation is 1. The summed E-state index contributed by atoms with van der Waals surface area (Å²) in [6, 6.07) is 22.1. The molecule has 0 radical (unpaired) electrons. The third-order valence-electron chi connectivity index (χ3n) is 5.55. The van der Waals surface area contributed by atoms with Crippen molar-refractivity contribution in [3.05, 3.63) is 83.4 Å². The molecule has 1 amide bonds. The fourth-order valence-corrected chi connectivity index (χ4v) is 4.38. The molecular weight excluding hydrogens is 516 g/mol. The largest absolute Gasteiger partial charge is 0.497 e. The molecule has 198 valence electrons. The summed E-state index contributed by atoms with van der Waals surface area (Å²) in [5.74, 6) is 1.84. The van der Waals surface area contributed by atoms with Crippen LogP contribution in [0.15, 0.2) is 72.3 Å². The Morgan fingerprint density at radius 3 is 2.41 bits per heavy atom. The summed E-state index contributed by atoms with van der Waals surface area (Å²) in [5, 5.41) is 21.5. The quantitative estimate of drug-likeness (QED) is 0.149. The number of methoxy groups -OCH3 is 2. The number of carbonyl (C=O) groups is 1. The van der Waals surface area contributed by atoms with Crippen molar-refractivity contribution >= 4 is 28.5 Å². The van der Waals surface area contributed by atoms with Crippen molar-refractivity contribution in [1.82, 2.24) is 10.2 Å². The van der Waals surface area contributed by atoms with Crippen molar-refractivity contribution in [2.24, 2.45) is 0 Å². The van der Waals surface area contributed by atoms with E-state index in [1.54, 1.807) is 25.3 Å². The third kappa shape index (κ3) is 7.12. The van der Waals surface area contributed by atoms with Crippen LogP contribution in [-0.4, -0.2) is 43.5 Å². The normalized spacial score (nSPS) is 10.9. The molecule has 10 heteroatoms. The van der Waals surface area contributed by atoms with Crippen LogP contribution in [0.2, 0.25) is 0 Å². The molecule has 0 aliphatic carbocycles. The number of hydrogen-bond donors (Lipinski definition) is 1. The predicted molar refractivity (Wildman–Crippen MR) is 149 cm³/mol. The Balaban J connectivity index is 1.37. The number of benzene rings is 3. The fourth-order valence-electron chi connectivity index (χ4n) is 3.55. The zero-order chi connectivity index (χ0) is 27.6. The summed E-state index contributed by atoms with van der Waals surface area (Å²) in [4.78, 5) is 12.8. The summed E-state index contributed by atoms with van der Waals surface area (Å²) < 4.78 is 22.1. The average molecular weight is 543 g/mol. The highest BCUT2D eigenvalue weighted by Gasteiger charge is 2.15. The second-order valence-corrected chi connectivity index (χ2v) is 9.11. The topological polar surface area (TPSA) is 116 Å². The Morgan fingerprint density at radius 1 is 0.949 bits per heavy atom. The van der Waals surface area contributed by atoms with Crippen molar-refractivity contribution < 1.29 is 23.7 Å². The smallest absolute Gasteiger partial charge is 0.268 e. The van der Waals surface area contributed by atoms with E-state index in [1.165, 1.54) is 24.5 Å². The van der Waals surface area contributed by atoms with Crippen molar-refractivity contribution in [2.45, 2.75) is 6.92 Å². The van der Waals surface area contributed by atoms with Gasteiger partial charge in [-0.15, -0.1) is 10.2 Å². The van der Waals surface area contributed by atoms with E-state index in [9.17, 15) is 10.1 Å². The second-order valence-electron chi connectivity index (χ2n) is 8.13. The van der Waals surface area contributed by atoms with Gasteiger partial charge < -0.3 is 18.9 Å². The van der Waals surface area contributed by atoms with Crippen molar-refractivity contribution in [2.75, 3.05) is 32.8 Å². The standard InChI is InChI=1S/C29H26N4O5S/c1-19-6-4-5-7-24(19)28-32-33-29(39-28)31-27(34)21(18-30)16-20-8-13-25(26(17-20)36-3)38-15-14-37-23-11-9-22(35-2)10-12-23/h4-13,16-17H,14-15H2,1-3H3,(H,31,33,34). The number of nitriles is 1. The average Bonchev–Trinajstić information content (AvgIpc) is 3.42. The van der Waals surface area contributed by atoms with E-state index < -0.39 is 5.91 Å². The monoisotopic (exact) mass is 542 g/mol. The Morgan fingerprint density at radius 2 is 1.69 bits per heavy atom. The van der Waals surface area contributed by atoms with E-state index in [0.29, 0.717) is 39.6 Å². The van der Waals surface area contributed by atoms with Crippen molar-refractivity contribution in [3.8, 4) is 39.6 Å². The first kappa shape index (κ1) is 27.2. The van der Waals surface area contributed by atoms with Crippen molar-refractivity contribution in [3.63, 3.8) is 0 Å². The van der Waals surface area contributed by atoms with Gasteiger partial charge in [0.25, 0.3) is 5.91 Å². The molecule has 0 spiro atoms. The molecule has 9 nitrogen and oxygen atoms in total. The lowest BCUT2D eigenvalue weighted by Gasteiger charge is -2.12. The minimum atomic E-state index is -0.583. The summed E-state index contributed by atoms with van der Waals surface area (Å²) in [5.41, 5.74) is 2.49. The highest BCUT2D eigenvalue weighted by molar-refractivity contribution is 7.18. The van der Waals surface area contributed by atoms with Gasteiger partial charge in [-0.05, 0) is 60.5 Å². The molecule has 0 aliphatic heterocycles. The number of nitrogens with zero attached hydrogens (tertiary/aromatic N) is 3. The van der Waals surface area contributed by atoms with E-state index in [0.717, 1.165) is 16.9 Å². The third-order valence-corrected chi connectivity index (χ3v) is 6.43. The summed E-state index contributed by atoms with van der Waals surface area (Å²) in [6.45, 7) is 2.59. The maximum atomic E-state index is 12.8. The number of carbonyl (C=O) groups excluding carboxylic acids is 1. The van der Waals surface area contributed by atoms with Crippen LogP contribution in [0.3, 0.4) is 0 Å². The zero-order valence-electron chi connectivity index (χ0n) is 21.6. The van der Waals surface area contributed by atoms with Crippen LogP contribution in [0.5, 0.6) is 23.0 Å². The van der Waals surface area contributed by atoms with Crippen LogP contribution >= 0.6 is 11.3 Å². The van der Waals surface area contributed by atoms with Gasteiger partial charge >= 0.3 is 0 Å². The van der Waals surface area contributed by atoms with Gasteiger partial charge in [0.2, 0.25) is 5.13 Å². The number of aromatic nitrogens is 2. The Labute approximate surface area is 230 Å². The van der Waals surface area contributed by atoms with E-state index in [2.05, 4.69) is 15.5 Å². The first-order valence-electron chi connectivity index (χ1n) is 11.9. The van der Waals surface area contributed by atoms with E-state index >= 15 is 0 Å². The molecule has 39 heavy (non-hydrogen) atoms. The number of amides is 1. The maximum absolute atomic E-state index is 12.8. The van der Waals surface area contributed by atoms with Gasteiger partial charge in [0.05, 0.1) is 14.2 Å².